The summed E-state index contributed by atoms with van der Waals surface area (Å²) in [4.78, 5) is 26.4. The SMILES string of the molecule is CCNc1ccc([N+](=O)[O-])c(C(=O)N(C)CCN(C)C)c1. The molecule has 0 radical (unpaired) electrons. The Morgan fingerprint density at radius 3 is 2.48 bits per heavy atom. The first-order valence-corrected chi connectivity index (χ1v) is 6.79. The predicted molar refractivity (Wildman–Crippen MR) is 82.8 cm³/mol. The topological polar surface area (TPSA) is 78.7 Å². The van der Waals surface area contributed by atoms with Crippen LogP contribution in [0, 0.1) is 10.1 Å². The molecular formula is C14H22N4O3. The number of hydrogen-bond donors (Lipinski definition) is 1. The Kier molecular flexibility index (Phi) is 6.10. The maximum atomic E-state index is 12.4. The lowest BCUT2D eigenvalue weighted by molar-refractivity contribution is -0.385. The van der Waals surface area contributed by atoms with Gasteiger partial charge in [-0.2, -0.15) is 0 Å². The first-order chi connectivity index (χ1) is 9.86. The average molecular weight is 294 g/mol. The number of likely N-dealkylation sites (N-methyl/N-ethyl adjacent to an activating group) is 2. The summed E-state index contributed by atoms with van der Waals surface area (Å²) in [7, 11) is 5.47. The van der Waals surface area contributed by atoms with Crippen LogP contribution in [0.3, 0.4) is 0 Å². The third kappa shape index (κ3) is 4.71. The lowest BCUT2D eigenvalue weighted by Gasteiger charge is -2.20. The van der Waals surface area contributed by atoms with Crippen LogP contribution in [0.2, 0.25) is 0 Å². The van der Waals surface area contributed by atoms with E-state index in [9.17, 15) is 14.9 Å². The van der Waals surface area contributed by atoms with E-state index >= 15 is 0 Å². The zero-order chi connectivity index (χ0) is 16.0. The van der Waals surface area contributed by atoms with Crippen molar-refractivity contribution in [3.8, 4) is 0 Å². The van der Waals surface area contributed by atoms with Gasteiger partial charge in [-0.1, -0.05) is 0 Å². The first-order valence-electron chi connectivity index (χ1n) is 6.79. The second kappa shape index (κ2) is 7.58. The standard InChI is InChI=1S/C14H22N4O3/c1-5-15-11-6-7-13(18(20)21)12(10-11)14(19)17(4)9-8-16(2)3/h6-7,10,15H,5,8-9H2,1-4H3. The summed E-state index contributed by atoms with van der Waals surface area (Å²) in [6.07, 6.45) is 0. The summed E-state index contributed by atoms with van der Waals surface area (Å²) in [5.41, 5.74) is 0.644. The van der Waals surface area contributed by atoms with Crippen LogP contribution in [0.4, 0.5) is 11.4 Å². The van der Waals surface area contributed by atoms with E-state index in [-0.39, 0.29) is 17.2 Å². The van der Waals surface area contributed by atoms with Gasteiger partial charge < -0.3 is 15.1 Å². The van der Waals surface area contributed by atoms with E-state index in [4.69, 9.17) is 0 Å². The molecule has 0 atom stereocenters. The summed E-state index contributed by atoms with van der Waals surface area (Å²) in [6, 6.07) is 4.51. The van der Waals surface area contributed by atoms with E-state index in [0.29, 0.717) is 25.3 Å². The van der Waals surface area contributed by atoms with Crippen LogP contribution in [-0.2, 0) is 0 Å². The van der Waals surface area contributed by atoms with Gasteiger partial charge in [0.15, 0.2) is 0 Å². The second-order valence-electron chi connectivity index (χ2n) is 5.05. The number of nitro groups is 1. The van der Waals surface area contributed by atoms with Gasteiger partial charge >= 0.3 is 0 Å². The molecule has 0 aliphatic heterocycles. The molecule has 0 aliphatic carbocycles. The van der Waals surface area contributed by atoms with Crippen molar-refractivity contribution in [3.63, 3.8) is 0 Å². The number of carbonyl (C=O) groups is 1. The van der Waals surface area contributed by atoms with Crippen LogP contribution in [0.1, 0.15) is 17.3 Å². The van der Waals surface area contributed by atoms with Crippen LogP contribution in [-0.4, -0.2) is 61.4 Å². The number of benzene rings is 1. The van der Waals surface area contributed by atoms with Crippen molar-refractivity contribution in [1.82, 2.24) is 9.80 Å². The van der Waals surface area contributed by atoms with Crippen molar-refractivity contribution in [3.05, 3.63) is 33.9 Å². The van der Waals surface area contributed by atoms with Gasteiger partial charge in [-0.25, -0.2) is 0 Å². The van der Waals surface area contributed by atoms with Gasteiger partial charge in [-0.3, -0.25) is 14.9 Å². The van der Waals surface area contributed by atoms with E-state index in [1.54, 1.807) is 13.1 Å². The van der Waals surface area contributed by atoms with Gasteiger partial charge in [-0.05, 0) is 33.2 Å². The quantitative estimate of drug-likeness (QED) is 0.611. The predicted octanol–water partition coefficient (Wildman–Crippen LogP) is 1.66. The van der Waals surface area contributed by atoms with Crippen molar-refractivity contribution in [1.29, 1.82) is 0 Å². The summed E-state index contributed by atoms with van der Waals surface area (Å²) in [5, 5.41) is 14.1. The van der Waals surface area contributed by atoms with E-state index < -0.39 is 4.92 Å². The Labute approximate surface area is 124 Å². The monoisotopic (exact) mass is 294 g/mol. The molecule has 1 rings (SSSR count). The van der Waals surface area contributed by atoms with Gasteiger partial charge in [0, 0.05) is 38.4 Å². The Hall–Kier alpha value is -2.15. The maximum Gasteiger partial charge on any atom is 0.282 e. The first kappa shape index (κ1) is 16.9. The van der Waals surface area contributed by atoms with Gasteiger partial charge in [0.2, 0.25) is 0 Å². The molecule has 0 bridgehead atoms. The summed E-state index contributed by atoms with van der Waals surface area (Å²) in [6.45, 7) is 3.81. The number of carbonyl (C=O) groups excluding carboxylic acids is 1. The van der Waals surface area contributed by atoms with Gasteiger partial charge in [0.1, 0.15) is 5.56 Å². The summed E-state index contributed by atoms with van der Waals surface area (Å²) in [5.74, 6) is -0.344. The van der Waals surface area contributed by atoms with Crippen molar-refractivity contribution < 1.29 is 9.72 Å². The molecule has 1 aromatic rings. The molecule has 21 heavy (non-hydrogen) atoms. The molecular weight excluding hydrogens is 272 g/mol. The Bertz CT molecular complexity index is 517. The largest absolute Gasteiger partial charge is 0.385 e. The van der Waals surface area contributed by atoms with Crippen LogP contribution in [0.15, 0.2) is 18.2 Å². The average Bonchev–Trinajstić information content (AvgIpc) is 2.43. The number of nitrogens with zero attached hydrogens (tertiary/aromatic N) is 3. The molecule has 0 aliphatic rings. The molecule has 0 saturated heterocycles. The zero-order valence-electron chi connectivity index (χ0n) is 12.9. The number of hydrogen-bond acceptors (Lipinski definition) is 5. The minimum absolute atomic E-state index is 0.111. The zero-order valence-corrected chi connectivity index (χ0v) is 12.9. The van der Waals surface area contributed by atoms with Gasteiger partial charge in [0.05, 0.1) is 4.92 Å². The molecule has 0 aromatic heterocycles. The molecule has 1 amide bonds. The third-order valence-corrected chi connectivity index (χ3v) is 3.03. The normalized spacial score (nSPS) is 10.5. The number of nitro benzene ring substituents is 1. The Morgan fingerprint density at radius 2 is 1.95 bits per heavy atom. The van der Waals surface area contributed by atoms with Crippen LogP contribution in [0.25, 0.3) is 0 Å². The Morgan fingerprint density at radius 1 is 1.29 bits per heavy atom. The highest BCUT2D eigenvalue weighted by Gasteiger charge is 2.23. The fraction of sp³-hybridized carbons (Fsp3) is 0.500. The molecule has 0 unspecified atom stereocenters. The summed E-state index contributed by atoms with van der Waals surface area (Å²) < 4.78 is 0. The van der Waals surface area contributed by atoms with Crippen molar-refractivity contribution in [2.75, 3.05) is 46.1 Å². The van der Waals surface area contributed by atoms with Crippen LogP contribution < -0.4 is 5.32 Å². The van der Waals surface area contributed by atoms with E-state index in [1.807, 2.05) is 25.9 Å². The minimum atomic E-state index is -0.525. The number of rotatable bonds is 7. The van der Waals surface area contributed by atoms with E-state index in [1.165, 1.54) is 17.0 Å². The molecule has 7 nitrogen and oxygen atoms in total. The molecule has 0 heterocycles. The molecule has 0 spiro atoms. The Balaban J connectivity index is 3.04. The van der Waals surface area contributed by atoms with E-state index in [2.05, 4.69) is 5.32 Å². The lowest BCUT2D eigenvalue weighted by Crippen LogP contribution is -2.33. The number of amides is 1. The minimum Gasteiger partial charge on any atom is -0.385 e. The molecule has 116 valence electrons. The second-order valence-corrected chi connectivity index (χ2v) is 5.05. The fourth-order valence-electron chi connectivity index (χ4n) is 1.84. The van der Waals surface area contributed by atoms with E-state index in [0.717, 1.165) is 0 Å². The lowest BCUT2D eigenvalue weighted by atomic mass is 10.1. The molecule has 0 fully saturated rings. The number of anilines is 1. The molecule has 1 N–H and O–H groups in total. The highest BCUT2D eigenvalue weighted by molar-refractivity contribution is 5.99. The smallest absolute Gasteiger partial charge is 0.282 e. The van der Waals surface area contributed by atoms with Crippen LogP contribution >= 0.6 is 0 Å². The van der Waals surface area contributed by atoms with Gasteiger partial charge in [0.25, 0.3) is 11.6 Å². The molecule has 7 heteroatoms. The number of nitrogens with one attached hydrogen (secondary N) is 1. The van der Waals surface area contributed by atoms with Crippen molar-refractivity contribution >= 4 is 17.3 Å². The van der Waals surface area contributed by atoms with Crippen LogP contribution in [0.5, 0.6) is 0 Å². The van der Waals surface area contributed by atoms with Crippen molar-refractivity contribution in [2.24, 2.45) is 0 Å². The molecule has 0 saturated carbocycles. The van der Waals surface area contributed by atoms with Crippen molar-refractivity contribution in [2.45, 2.75) is 6.92 Å². The fourth-order valence-corrected chi connectivity index (χ4v) is 1.84. The third-order valence-electron chi connectivity index (χ3n) is 3.03. The molecule has 1 aromatic carbocycles. The van der Waals surface area contributed by atoms with Gasteiger partial charge in [-0.15, -0.1) is 0 Å². The maximum absolute atomic E-state index is 12.4. The highest BCUT2D eigenvalue weighted by Crippen LogP contribution is 2.24. The highest BCUT2D eigenvalue weighted by atomic mass is 16.6. The summed E-state index contributed by atoms with van der Waals surface area (Å²) >= 11 is 0.